The number of nitro benzene ring substituents is 1. The zero-order valence-electron chi connectivity index (χ0n) is 18.4. The highest BCUT2D eigenvalue weighted by Gasteiger charge is 2.24. The van der Waals surface area contributed by atoms with E-state index in [-0.39, 0.29) is 17.3 Å². The van der Waals surface area contributed by atoms with Gasteiger partial charge in [0.2, 0.25) is 0 Å². The van der Waals surface area contributed by atoms with E-state index in [4.69, 9.17) is 4.74 Å². The van der Waals surface area contributed by atoms with Gasteiger partial charge in [-0.25, -0.2) is 4.99 Å². The Morgan fingerprint density at radius 1 is 1.12 bits per heavy atom. The van der Waals surface area contributed by atoms with Crippen LogP contribution in [0.15, 0.2) is 53.5 Å². The Bertz CT molecular complexity index is 1190. The highest BCUT2D eigenvalue weighted by Crippen LogP contribution is 2.39. The third-order valence-electron chi connectivity index (χ3n) is 5.64. The smallest absolute Gasteiger partial charge is 0.311 e. The SMILES string of the molecule is COc1ccc(C=Nc2sc3c(c2C(=O)Nc2ccccc2)CCCCCC3)cc1[N+](=O)[O-]. The van der Waals surface area contributed by atoms with Gasteiger partial charge in [-0.15, -0.1) is 11.3 Å². The number of aryl methyl sites for hydroxylation is 1. The monoisotopic (exact) mass is 463 g/mol. The number of carbonyl (C=O) groups excluding carboxylic acids is 1. The van der Waals surface area contributed by atoms with Crippen molar-refractivity contribution < 1.29 is 14.5 Å². The zero-order valence-corrected chi connectivity index (χ0v) is 19.2. The Kier molecular flexibility index (Phi) is 7.14. The third-order valence-corrected chi connectivity index (χ3v) is 6.84. The predicted molar refractivity (Wildman–Crippen MR) is 131 cm³/mol. The number of nitrogens with one attached hydrogen (secondary N) is 1. The number of fused-ring (bicyclic) bond motifs is 1. The van der Waals surface area contributed by atoms with Gasteiger partial charge in [0, 0.05) is 22.8 Å². The molecule has 7 nitrogen and oxygen atoms in total. The van der Waals surface area contributed by atoms with Crippen molar-refractivity contribution in [2.75, 3.05) is 12.4 Å². The first-order valence-electron chi connectivity index (χ1n) is 10.9. The fourth-order valence-corrected chi connectivity index (χ4v) is 5.24. The lowest BCUT2D eigenvalue weighted by molar-refractivity contribution is -0.385. The van der Waals surface area contributed by atoms with Crippen LogP contribution in [0.2, 0.25) is 0 Å². The van der Waals surface area contributed by atoms with Crippen LogP contribution in [0, 0.1) is 10.1 Å². The van der Waals surface area contributed by atoms with Crippen LogP contribution in [-0.4, -0.2) is 24.2 Å². The number of amides is 1. The molecule has 1 heterocycles. The van der Waals surface area contributed by atoms with Gasteiger partial charge in [-0.1, -0.05) is 31.0 Å². The minimum absolute atomic E-state index is 0.123. The Morgan fingerprint density at radius 3 is 2.61 bits per heavy atom. The van der Waals surface area contributed by atoms with Gasteiger partial charge in [-0.05, 0) is 61.1 Å². The Balaban J connectivity index is 1.71. The van der Waals surface area contributed by atoms with Gasteiger partial charge in [-0.3, -0.25) is 14.9 Å². The molecule has 0 aliphatic heterocycles. The van der Waals surface area contributed by atoms with Gasteiger partial charge in [0.1, 0.15) is 5.00 Å². The zero-order chi connectivity index (χ0) is 23.2. The Morgan fingerprint density at radius 2 is 1.88 bits per heavy atom. The van der Waals surface area contributed by atoms with Gasteiger partial charge >= 0.3 is 5.69 Å². The molecule has 2 aromatic carbocycles. The fourth-order valence-electron chi connectivity index (χ4n) is 4.01. The number of methoxy groups -OCH3 is 1. The number of thiophene rings is 1. The van der Waals surface area contributed by atoms with E-state index in [0.29, 0.717) is 16.1 Å². The van der Waals surface area contributed by atoms with Crippen molar-refractivity contribution in [2.45, 2.75) is 38.5 Å². The van der Waals surface area contributed by atoms with Crippen LogP contribution < -0.4 is 10.1 Å². The fraction of sp³-hybridized carbons (Fsp3) is 0.280. The molecule has 1 aromatic heterocycles. The molecule has 33 heavy (non-hydrogen) atoms. The second-order valence-electron chi connectivity index (χ2n) is 7.86. The molecule has 170 valence electrons. The summed E-state index contributed by atoms with van der Waals surface area (Å²) in [6.07, 6.45) is 7.86. The third kappa shape index (κ3) is 5.28. The van der Waals surface area contributed by atoms with E-state index in [1.54, 1.807) is 29.7 Å². The number of hydrogen-bond acceptors (Lipinski definition) is 6. The summed E-state index contributed by atoms with van der Waals surface area (Å²) in [7, 11) is 1.40. The average Bonchev–Trinajstić information content (AvgIpc) is 3.14. The molecule has 3 aromatic rings. The Hall–Kier alpha value is -3.52. The largest absolute Gasteiger partial charge is 0.490 e. The number of hydrogen-bond donors (Lipinski definition) is 1. The van der Waals surface area contributed by atoms with Crippen molar-refractivity contribution in [3.63, 3.8) is 0 Å². The second-order valence-corrected chi connectivity index (χ2v) is 8.95. The molecule has 0 unspecified atom stereocenters. The van der Waals surface area contributed by atoms with E-state index >= 15 is 0 Å². The molecule has 8 heteroatoms. The first-order valence-corrected chi connectivity index (χ1v) is 11.8. The number of aliphatic imine (C=N–C) groups is 1. The van der Waals surface area contributed by atoms with Crippen LogP contribution in [0.4, 0.5) is 16.4 Å². The number of anilines is 1. The molecular formula is C25H25N3O4S. The van der Waals surface area contributed by atoms with E-state index in [2.05, 4.69) is 10.3 Å². The summed E-state index contributed by atoms with van der Waals surface area (Å²) in [6.45, 7) is 0. The van der Waals surface area contributed by atoms with Gasteiger partial charge in [0.25, 0.3) is 5.91 Å². The number of para-hydroxylation sites is 1. The quantitative estimate of drug-likeness (QED) is 0.263. The van der Waals surface area contributed by atoms with Crippen molar-refractivity contribution in [2.24, 2.45) is 4.99 Å². The standard InChI is InChI=1S/C25H25N3O4S/c1-32-21-14-13-17(15-20(21)28(30)31)16-26-25-23(24(29)27-18-9-5-4-6-10-18)19-11-7-2-3-8-12-22(19)33-25/h4-6,9-10,13-16H,2-3,7-8,11-12H2,1H3,(H,27,29). The molecule has 0 fully saturated rings. The molecule has 0 bridgehead atoms. The van der Waals surface area contributed by atoms with Crippen molar-refractivity contribution in [3.8, 4) is 5.75 Å². The molecule has 1 aliphatic rings. The first-order chi connectivity index (χ1) is 16.1. The topological polar surface area (TPSA) is 93.8 Å². The van der Waals surface area contributed by atoms with Gasteiger partial charge in [0.05, 0.1) is 17.6 Å². The maximum absolute atomic E-state index is 13.3. The predicted octanol–water partition coefficient (Wildman–Crippen LogP) is 6.33. The molecule has 0 spiro atoms. The van der Waals surface area contributed by atoms with Crippen LogP contribution in [0.25, 0.3) is 0 Å². The number of ether oxygens (including phenoxy) is 1. The summed E-state index contributed by atoms with van der Waals surface area (Å²) < 4.78 is 5.07. The molecule has 0 saturated carbocycles. The first kappa shape index (κ1) is 22.7. The van der Waals surface area contributed by atoms with Crippen molar-refractivity contribution in [1.29, 1.82) is 0 Å². The highest BCUT2D eigenvalue weighted by atomic mass is 32.1. The van der Waals surface area contributed by atoms with E-state index in [1.165, 1.54) is 24.5 Å². The molecule has 1 amide bonds. The Labute approximate surface area is 196 Å². The maximum Gasteiger partial charge on any atom is 0.311 e. The number of carbonyl (C=O) groups is 1. The lowest BCUT2D eigenvalue weighted by Crippen LogP contribution is -2.14. The summed E-state index contributed by atoms with van der Waals surface area (Å²) in [5.41, 5.74) is 2.87. The number of nitrogens with zero attached hydrogens (tertiary/aromatic N) is 2. The number of rotatable bonds is 6. The summed E-state index contributed by atoms with van der Waals surface area (Å²) in [5.74, 6) is 0.0197. The summed E-state index contributed by atoms with van der Waals surface area (Å²) in [6, 6.07) is 14.1. The lowest BCUT2D eigenvalue weighted by Gasteiger charge is -2.12. The number of nitro groups is 1. The molecule has 0 radical (unpaired) electrons. The van der Waals surface area contributed by atoms with E-state index in [9.17, 15) is 14.9 Å². The van der Waals surface area contributed by atoms with Crippen LogP contribution >= 0.6 is 11.3 Å². The average molecular weight is 464 g/mol. The lowest BCUT2D eigenvalue weighted by atomic mass is 9.96. The minimum Gasteiger partial charge on any atom is -0.490 e. The molecule has 4 rings (SSSR count). The summed E-state index contributed by atoms with van der Waals surface area (Å²) in [5, 5.41) is 15.0. The van der Waals surface area contributed by atoms with Crippen molar-refractivity contribution >= 4 is 39.8 Å². The van der Waals surface area contributed by atoms with E-state index < -0.39 is 4.92 Å². The van der Waals surface area contributed by atoms with Crippen molar-refractivity contribution in [3.05, 3.63) is 80.2 Å². The number of benzene rings is 2. The normalized spacial score (nSPS) is 13.7. The van der Waals surface area contributed by atoms with Crippen LogP contribution in [0.1, 0.15) is 52.0 Å². The molecule has 0 saturated heterocycles. The summed E-state index contributed by atoms with van der Waals surface area (Å²) in [4.78, 5) is 30.0. The molecule has 0 atom stereocenters. The van der Waals surface area contributed by atoms with Crippen LogP contribution in [-0.2, 0) is 12.8 Å². The van der Waals surface area contributed by atoms with Gasteiger partial charge < -0.3 is 10.1 Å². The van der Waals surface area contributed by atoms with E-state index in [0.717, 1.165) is 43.4 Å². The van der Waals surface area contributed by atoms with Crippen LogP contribution in [0.3, 0.4) is 0 Å². The molecule has 1 aliphatic carbocycles. The van der Waals surface area contributed by atoms with Crippen LogP contribution in [0.5, 0.6) is 5.75 Å². The molecular weight excluding hydrogens is 438 g/mol. The molecule has 1 N–H and O–H groups in total. The van der Waals surface area contributed by atoms with Crippen molar-refractivity contribution in [1.82, 2.24) is 0 Å². The van der Waals surface area contributed by atoms with Gasteiger partial charge in [-0.2, -0.15) is 0 Å². The minimum atomic E-state index is -0.480. The van der Waals surface area contributed by atoms with E-state index in [1.807, 2.05) is 30.3 Å². The maximum atomic E-state index is 13.3. The second kappa shape index (κ2) is 10.4. The highest BCUT2D eigenvalue weighted by molar-refractivity contribution is 7.16. The van der Waals surface area contributed by atoms with Gasteiger partial charge in [0.15, 0.2) is 5.75 Å². The summed E-state index contributed by atoms with van der Waals surface area (Å²) >= 11 is 1.54.